The number of hydrogen-bond acceptors (Lipinski definition) is 4. The fraction of sp³-hybridized carbons (Fsp3) is 0.250. The molecule has 21 heavy (non-hydrogen) atoms. The second-order valence-corrected chi connectivity index (χ2v) is 4.33. The lowest BCUT2D eigenvalue weighted by atomic mass is 10.3. The van der Waals surface area contributed by atoms with Gasteiger partial charge in [-0.05, 0) is 48.9 Å². The Hall–Kier alpha value is -2.56. The molecule has 110 valence electrons. The zero-order valence-electron chi connectivity index (χ0n) is 11.9. The highest BCUT2D eigenvalue weighted by molar-refractivity contribution is 5.77. The van der Waals surface area contributed by atoms with Gasteiger partial charge in [-0.15, -0.1) is 0 Å². The molecule has 0 atom stereocenters. The number of rotatable bonds is 7. The van der Waals surface area contributed by atoms with Crippen molar-refractivity contribution in [3.63, 3.8) is 0 Å². The van der Waals surface area contributed by atoms with Crippen LogP contribution in [0.1, 0.15) is 12.5 Å². The van der Waals surface area contributed by atoms with Gasteiger partial charge in [-0.3, -0.25) is 9.78 Å². The first-order valence-corrected chi connectivity index (χ1v) is 6.79. The van der Waals surface area contributed by atoms with E-state index in [4.69, 9.17) is 9.47 Å². The highest BCUT2D eigenvalue weighted by atomic mass is 16.5. The molecular formula is C16H18N2O3. The van der Waals surface area contributed by atoms with E-state index in [1.807, 2.05) is 31.2 Å². The fourth-order valence-electron chi connectivity index (χ4n) is 1.70. The number of carbonyl (C=O) groups is 1. The second kappa shape index (κ2) is 7.89. The molecule has 1 heterocycles. The largest absolute Gasteiger partial charge is 0.494 e. The van der Waals surface area contributed by atoms with Crippen LogP contribution < -0.4 is 14.8 Å². The molecule has 1 aromatic carbocycles. The summed E-state index contributed by atoms with van der Waals surface area (Å²) in [6, 6.07) is 10.9. The Labute approximate surface area is 123 Å². The molecule has 0 aliphatic rings. The second-order valence-electron chi connectivity index (χ2n) is 4.33. The summed E-state index contributed by atoms with van der Waals surface area (Å²) in [5, 5.41) is 2.78. The quantitative estimate of drug-likeness (QED) is 0.847. The monoisotopic (exact) mass is 286 g/mol. The molecule has 0 saturated carbocycles. The van der Waals surface area contributed by atoms with Gasteiger partial charge in [-0.25, -0.2) is 0 Å². The lowest BCUT2D eigenvalue weighted by Gasteiger charge is -2.08. The van der Waals surface area contributed by atoms with Crippen molar-refractivity contribution in [1.29, 1.82) is 0 Å². The Balaban J connectivity index is 1.73. The maximum absolute atomic E-state index is 11.7. The number of ether oxygens (including phenoxy) is 2. The van der Waals surface area contributed by atoms with E-state index in [0.29, 0.717) is 18.9 Å². The highest BCUT2D eigenvalue weighted by Gasteiger charge is 2.03. The zero-order chi connectivity index (χ0) is 14.9. The van der Waals surface area contributed by atoms with E-state index < -0.39 is 0 Å². The summed E-state index contributed by atoms with van der Waals surface area (Å²) < 4.78 is 10.7. The van der Waals surface area contributed by atoms with Gasteiger partial charge >= 0.3 is 0 Å². The molecule has 0 unspecified atom stereocenters. The van der Waals surface area contributed by atoms with Crippen molar-refractivity contribution in [3.8, 4) is 11.5 Å². The third kappa shape index (κ3) is 5.14. The van der Waals surface area contributed by atoms with E-state index in [1.165, 1.54) is 0 Å². The van der Waals surface area contributed by atoms with Crippen molar-refractivity contribution >= 4 is 5.91 Å². The minimum absolute atomic E-state index is 0.0148. The first kappa shape index (κ1) is 14.8. The van der Waals surface area contributed by atoms with E-state index in [0.717, 1.165) is 11.3 Å². The summed E-state index contributed by atoms with van der Waals surface area (Å²) >= 11 is 0. The Kier molecular flexibility index (Phi) is 5.58. The van der Waals surface area contributed by atoms with E-state index in [9.17, 15) is 4.79 Å². The van der Waals surface area contributed by atoms with Gasteiger partial charge in [0, 0.05) is 18.9 Å². The molecule has 0 aliphatic carbocycles. The molecular weight excluding hydrogens is 268 g/mol. The summed E-state index contributed by atoms with van der Waals surface area (Å²) in [7, 11) is 0. The molecule has 0 fully saturated rings. The standard InChI is InChI=1S/C16H18N2O3/c1-2-20-14-3-5-15(6-4-14)21-12-16(19)18-11-13-7-9-17-10-8-13/h3-10H,2,11-12H2,1H3,(H,18,19). The van der Waals surface area contributed by atoms with Crippen LogP contribution in [0.3, 0.4) is 0 Å². The van der Waals surface area contributed by atoms with Crippen molar-refractivity contribution in [1.82, 2.24) is 10.3 Å². The number of aromatic nitrogens is 1. The van der Waals surface area contributed by atoms with Gasteiger partial charge in [-0.2, -0.15) is 0 Å². The van der Waals surface area contributed by atoms with Crippen molar-refractivity contribution in [3.05, 3.63) is 54.4 Å². The number of pyridine rings is 1. The zero-order valence-corrected chi connectivity index (χ0v) is 11.9. The average Bonchev–Trinajstić information content (AvgIpc) is 2.53. The summed E-state index contributed by atoms with van der Waals surface area (Å²) in [6.45, 7) is 3.00. The van der Waals surface area contributed by atoms with Crippen molar-refractivity contribution in [2.45, 2.75) is 13.5 Å². The Bertz CT molecular complexity index is 555. The molecule has 0 bridgehead atoms. The summed E-state index contributed by atoms with van der Waals surface area (Å²) in [4.78, 5) is 15.6. The number of nitrogens with zero attached hydrogens (tertiary/aromatic N) is 1. The molecule has 5 heteroatoms. The number of amides is 1. The number of benzene rings is 1. The van der Waals surface area contributed by atoms with Crippen LogP contribution in [-0.2, 0) is 11.3 Å². The fourth-order valence-corrected chi connectivity index (χ4v) is 1.70. The van der Waals surface area contributed by atoms with Gasteiger partial charge in [0.25, 0.3) is 5.91 Å². The summed E-state index contributed by atoms with van der Waals surface area (Å²) in [5.41, 5.74) is 0.999. The summed E-state index contributed by atoms with van der Waals surface area (Å²) in [5.74, 6) is 1.25. The smallest absolute Gasteiger partial charge is 0.258 e. The third-order valence-corrected chi connectivity index (χ3v) is 2.74. The van der Waals surface area contributed by atoms with Gasteiger partial charge in [0.05, 0.1) is 6.61 Å². The van der Waals surface area contributed by atoms with Crippen LogP contribution >= 0.6 is 0 Å². The maximum Gasteiger partial charge on any atom is 0.258 e. The molecule has 5 nitrogen and oxygen atoms in total. The highest BCUT2D eigenvalue weighted by Crippen LogP contribution is 2.17. The molecule has 1 aromatic heterocycles. The predicted molar refractivity (Wildman–Crippen MR) is 79.2 cm³/mol. The minimum atomic E-state index is -0.166. The van der Waals surface area contributed by atoms with Crippen molar-refractivity contribution in [2.75, 3.05) is 13.2 Å². The number of hydrogen-bond donors (Lipinski definition) is 1. The van der Waals surface area contributed by atoms with Gasteiger partial charge < -0.3 is 14.8 Å². The third-order valence-electron chi connectivity index (χ3n) is 2.74. The Morgan fingerprint density at radius 1 is 1.05 bits per heavy atom. The topological polar surface area (TPSA) is 60.5 Å². The van der Waals surface area contributed by atoms with Gasteiger partial charge in [0.1, 0.15) is 11.5 Å². The molecule has 1 N–H and O–H groups in total. The van der Waals surface area contributed by atoms with Crippen molar-refractivity contribution < 1.29 is 14.3 Å². The molecule has 0 aliphatic heterocycles. The van der Waals surface area contributed by atoms with Crippen LogP contribution in [-0.4, -0.2) is 24.1 Å². The molecule has 0 radical (unpaired) electrons. The van der Waals surface area contributed by atoms with E-state index >= 15 is 0 Å². The number of carbonyl (C=O) groups excluding carboxylic acids is 1. The van der Waals surface area contributed by atoms with Crippen LogP contribution in [0.5, 0.6) is 11.5 Å². The van der Waals surface area contributed by atoms with Crippen molar-refractivity contribution in [2.24, 2.45) is 0 Å². The lowest BCUT2D eigenvalue weighted by molar-refractivity contribution is -0.123. The summed E-state index contributed by atoms with van der Waals surface area (Å²) in [6.07, 6.45) is 3.38. The number of nitrogens with one attached hydrogen (secondary N) is 1. The van der Waals surface area contributed by atoms with E-state index in [2.05, 4.69) is 10.3 Å². The van der Waals surface area contributed by atoms with Gasteiger partial charge in [-0.1, -0.05) is 0 Å². The Morgan fingerprint density at radius 2 is 1.67 bits per heavy atom. The SMILES string of the molecule is CCOc1ccc(OCC(=O)NCc2ccncc2)cc1. The van der Waals surface area contributed by atoms with Crippen LogP contribution in [0.4, 0.5) is 0 Å². The van der Waals surface area contributed by atoms with Crippen LogP contribution in [0, 0.1) is 0 Å². The molecule has 2 aromatic rings. The minimum Gasteiger partial charge on any atom is -0.494 e. The first-order valence-electron chi connectivity index (χ1n) is 6.79. The maximum atomic E-state index is 11.7. The van der Waals surface area contributed by atoms with Crippen LogP contribution in [0.2, 0.25) is 0 Å². The van der Waals surface area contributed by atoms with Gasteiger partial charge in [0.2, 0.25) is 0 Å². The molecule has 1 amide bonds. The predicted octanol–water partition coefficient (Wildman–Crippen LogP) is 2.18. The van der Waals surface area contributed by atoms with Crippen LogP contribution in [0.15, 0.2) is 48.8 Å². The van der Waals surface area contributed by atoms with Gasteiger partial charge in [0.15, 0.2) is 6.61 Å². The lowest BCUT2D eigenvalue weighted by Crippen LogP contribution is -2.28. The molecule has 2 rings (SSSR count). The first-order chi connectivity index (χ1) is 10.3. The van der Waals surface area contributed by atoms with E-state index in [1.54, 1.807) is 24.5 Å². The normalized spacial score (nSPS) is 9.95. The average molecular weight is 286 g/mol. The molecule has 0 saturated heterocycles. The Morgan fingerprint density at radius 3 is 2.29 bits per heavy atom. The van der Waals surface area contributed by atoms with E-state index in [-0.39, 0.29) is 12.5 Å². The van der Waals surface area contributed by atoms with Crippen LogP contribution in [0.25, 0.3) is 0 Å². The molecule has 0 spiro atoms.